The summed E-state index contributed by atoms with van der Waals surface area (Å²) in [5.74, 6) is -1.31. The number of aromatic amines is 1. The van der Waals surface area contributed by atoms with Crippen molar-refractivity contribution in [3.8, 4) is 0 Å². The van der Waals surface area contributed by atoms with E-state index in [1.165, 1.54) is 11.3 Å². The van der Waals surface area contributed by atoms with Crippen LogP contribution in [0.3, 0.4) is 0 Å². The Morgan fingerprint density at radius 2 is 1.93 bits per heavy atom. The topological polar surface area (TPSA) is 107 Å². The zero-order valence-electron chi connectivity index (χ0n) is 14.2. The summed E-state index contributed by atoms with van der Waals surface area (Å²) in [6.45, 7) is 1.77. The summed E-state index contributed by atoms with van der Waals surface area (Å²) >= 11 is 1.40. The van der Waals surface area contributed by atoms with Crippen LogP contribution in [0.4, 0.5) is 5.69 Å². The van der Waals surface area contributed by atoms with E-state index in [-0.39, 0.29) is 11.5 Å². The number of hydrogen-bond acceptors (Lipinski definition) is 6. The van der Waals surface area contributed by atoms with Gasteiger partial charge in [0.2, 0.25) is 0 Å². The first-order chi connectivity index (χ1) is 13.1. The fraction of sp³-hybridized carbons (Fsp3) is 0.222. The minimum Gasteiger partial charge on any atom is -0.477 e. The summed E-state index contributed by atoms with van der Waals surface area (Å²) in [7, 11) is 0. The van der Waals surface area contributed by atoms with Gasteiger partial charge in [-0.05, 0) is 23.6 Å². The van der Waals surface area contributed by atoms with E-state index in [2.05, 4.69) is 9.97 Å². The van der Waals surface area contributed by atoms with Gasteiger partial charge < -0.3 is 19.9 Å². The Balaban J connectivity index is 1.68. The second kappa shape index (κ2) is 6.84. The van der Waals surface area contributed by atoms with Crippen LogP contribution in [0.15, 0.2) is 40.6 Å². The van der Waals surface area contributed by atoms with Crippen molar-refractivity contribution in [1.29, 1.82) is 0 Å². The molecular weight excluding hydrogens is 368 g/mol. The number of nitrogens with one attached hydrogen (secondary N) is 1. The van der Waals surface area contributed by atoms with Crippen LogP contribution in [0.25, 0.3) is 11.0 Å². The summed E-state index contributed by atoms with van der Waals surface area (Å²) in [6, 6.07) is 7.07. The lowest BCUT2D eigenvalue weighted by atomic mass is 10.1. The zero-order valence-corrected chi connectivity index (χ0v) is 15.0. The van der Waals surface area contributed by atoms with E-state index in [9.17, 15) is 19.5 Å². The molecule has 1 aliphatic heterocycles. The number of carboxylic acid groups (broad SMARTS) is 1. The summed E-state index contributed by atoms with van der Waals surface area (Å²) in [4.78, 5) is 47.5. The highest BCUT2D eigenvalue weighted by Gasteiger charge is 2.28. The largest absolute Gasteiger partial charge is 0.477 e. The number of fused-ring (bicyclic) bond motifs is 1. The van der Waals surface area contributed by atoms with Crippen molar-refractivity contribution in [1.82, 2.24) is 14.9 Å². The van der Waals surface area contributed by atoms with E-state index in [0.717, 1.165) is 0 Å². The average Bonchev–Trinajstić information content (AvgIpc) is 3.21. The number of carbonyl (C=O) groups excluding carboxylic acids is 1. The molecule has 138 valence electrons. The number of rotatable bonds is 3. The van der Waals surface area contributed by atoms with Gasteiger partial charge in [0.15, 0.2) is 0 Å². The second-order valence-electron chi connectivity index (χ2n) is 6.14. The van der Waals surface area contributed by atoms with E-state index in [0.29, 0.717) is 47.8 Å². The standard InChI is InChI=1S/C18H16N4O4S/c23-16-13(18(25)26)14(11-3-1-5-19-15(11)20-16)21-6-8-22(9-7-21)17(24)12-4-2-10-27-12/h1-5,10H,6-9H2,(H,25,26)(H,19,20,23). The van der Waals surface area contributed by atoms with Crippen LogP contribution in [-0.2, 0) is 0 Å². The molecule has 0 aromatic carbocycles. The highest BCUT2D eigenvalue weighted by atomic mass is 32.1. The van der Waals surface area contributed by atoms with Crippen LogP contribution in [0.1, 0.15) is 20.0 Å². The molecular formula is C18H16N4O4S. The minimum atomic E-state index is -1.28. The molecule has 0 radical (unpaired) electrons. The normalized spacial score (nSPS) is 14.5. The number of thiophene rings is 1. The third-order valence-corrected chi connectivity index (χ3v) is 5.45. The molecule has 2 N–H and O–H groups in total. The van der Waals surface area contributed by atoms with Crippen molar-refractivity contribution in [2.75, 3.05) is 31.1 Å². The molecule has 27 heavy (non-hydrogen) atoms. The maximum Gasteiger partial charge on any atom is 0.343 e. The molecule has 1 aliphatic rings. The number of hydrogen-bond donors (Lipinski definition) is 2. The lowest BCUT2D eigenvalue weighted by molar-refractivity contribution is 0.0691. The van der Waals surface area contributed by atoms with E-state index in [1.807, 2.05) is 16.3 Å². The molecule has 0 unspecified atom stereocenters. The molecule has 4 heterocycles. The quantitative estimate of drug-likeness (QED) is 0.711. The van der Waals surface area contributed by atoms with Crippen LogP contribution >= 0.6 is 11.3 Å². The van der Waals surface area contributed by atoms with Crippen molar-refractivity contribution in [2.24, 2.45) is 0 Å². The number of nitrogens with zero attached hydrogens (tertiary/aromatic N) is 3. The zero-order chi connectivity index (χ0) is 19.0. The Morgan fingerprint density at radius 1 is 1.15 bits per heavy atom. The number of piperazine rings is 1. The maximum absolute atomic E-state index is 12.5. The SMILES string of the molecule is O=C(O)c1c(N2CCN(C(=O)c3cccs3)CC2)c2cccnc2[nH]c1=O. The molecule has 1 fully saturated rings. The Labute approximate surface area is 157 Å². The average molecular weight is 384 g/mol. The molecule has 0 aliphatic carbocycles. The van der Waals surface area contributed by atoms with Crippen LogP contribution in [0.5, 0.6) is 0 Å². The molecule has 0 atom stereocenters. The van der Waals surface area contributed by atoms with Crippen molar-refractivity contribution in [3.05, 3.63) is 56.6 Å². The molecule has 4 rings (SSSR count). The lowest BCUT2D eigenvalue weighted by Gasteiger charge is -2.36. The number of pyridine rings is 2. The van der Waals surface area contributed by atoms with E-state index in [1.54, 1.807) is 29.3 Å². The predicted molar refractivity (Wildman–Crippen MR) is 102 cm³/mol. The molecule has 1 amide bonds. The van der Waals surface area contributed by atoms with Gasteiger partial charge >= 0.3 is 5.97 Å². The van der Waals surface area contributed by atoms with Crippen LogP contribution < -0.4 is 10.5 Å². The van der Waals surface area contributed by atoms with Crippen molar-refractivity contribution in [3.63, 3.8) is 0 Å². The number of carboxylic acids is 1. The van der Waals surface area contributed by atoms with Crippen molar-refractivity contribution in [2.45, 2.75) is 0 Å². The summed E-state index contributed by atoms with van der Waals surface area (Å²) in [5.41, 5.74) is -0.272. The first-order valence-corrected chi connectivity index (χ1v) is 9.26. The third-order valence-electron chi connectivity index (χ3n) is 4.59. The molecule has 9 heteroatoms. The Kier molecular flexibility index (Phi) is 4.36. The van der Waals surface area contributed by atoms with Gasteiger partial charge in [-0.2, -0.15) is 0 Å². The fourth-order valence-corrected chi connectivity index (χ4v) is 4.02. The maximum atomic E-state index is 12.5. The molecule has 1 saturated heterocycles. The predicted octanol–water partition coefficient (Wildman–Crippen LogP) is 1.65. The Morgan fingerprint density at radius 3 is 2.59 bits per heavy atom. The Hall–Kier alpha value is -3.20. The molecule has 0 bridgehead atoms. The van der Waals surface area contributed by atoms with Crippen molar-refractivity contribution >= 4 is 39.9 Å². The number of amides is 1. The molecule has 3 aromatic rings. The highest BCUT2D eigenvalue weighted by molar-refractivity contribution is 7.12. The summed E-state index contributed by atoms with van der Waals surface area (Å²) in [5, 5.41) is 12.0. The first-order valence-electron chi connectivity index (χ1n) is 8.38. The monoisotopic (exact) mass is 384 g/mol. The van der Waals surface area contributed by atoms with Gasteiger partial charge in [-0.1, -0.05) is 6.07 Å². The van der Waals surface area contributed by atoms with Gasteiger partial charge in [0.05, 0.1) is 10.6 Å². The molecule has 3 aromatic heterocycles. The number of aromatic nitrogens is 2. The van der Waals surface area contributed by atoms with Gasteiger partial charge in [0.25, 0.3) is 11.5 Å². The highest BCUT2D eigenvalue weighted by Crippen LogP contribution is 2.28. The lowest BCUT2D eigenvalue weighted by Crippen LogP contribution is -2.49. The number of carbonyl (C=O) groups is 2. The molecule has 8 nitrogen and oxygen atoms in total. The van der Waals surface area contributed by atoms with Gasteiger partial charge in [-0.25, -0.2) is 9.78 Å². The van der Waals surface area contributed by atoms with E-state index >= 15 is 0 Å². The van der Waals surface area contributed by atoms with Gasteiger partial charge in [0, 0.05) is 37.8 Å². The van der Waals surface area contributed by atoms with Gasteiger partial charge in [0.1, 0.15) is 11.2 Å². The second-order valence-corrected chi connectivity index (χ2v) is 7.09. The minimum absolute atomic E-state index is 0.0273. The smallest absolute Gasteiger partial charge is 0.343 e. The van der Waals surface area contributed by atoms with Crippen LogP contribution in [0.2, 0.25) is 0 Å². The van der Waals surface area contributed by atoms with Crippen LogP contribution in [-0.4, -0.2) is 58.0 Å². The van der Waals surface area contributed by atoms with Gasteiger partial charge in [-0.15, -0.1) is 11.3 Å². The number of H-pyrrole nitrogens is 1. The van der Waals surface area contributed by atoms with Gasteiger partial charge in [-0.3, -0.25) is 9.59 Å². The summed E-state index contributed by atoms with van der Waals surface area (Å²) < 4.78 is 0. The Bertz CT molecular complexity index is 1070. The number of anilines is 1. The van der Waals surface area contributed by atoms with Crippen molar-refractivity contribution < 1.29 is 14.7 Å². The molecule has 0 spiro atoms. The van der Waals surface area contributed by atoms with E-state index in [4.69, 9.17) is 0 Å². The summed E-state index contributed by atoms with van der Waals surface area (Å²) in [6.07, 6.45) is 1.54. The number of aromatic carboxylic acids is 1. The fourth-order valence-electron chi connectivity index (χ4n) is 3.32. The third kappa shape index (κ3) is 3.06. The van der Waals surface area contributed by atoms with E-state index < -0.39 is 11.5 Å². The van der Waals surface area contributed by atoms with Crippen LogP contribution in [0, 0.1) is 0 Å². The first kappa shape index (κ1) is 17.2. The molecule has 0 saturated carbocycles.